The molecule has 2 aromatic rings. The van der Waals surface area contributed by atoms with Crippen molar-refractivity contribution in [2.45, 2.75) is 50.1 Å². The summed E-state index contributed by atoms with van der Waals surface area (Å²) in [6.45, 7) is 0. The molecule has 0 amide bonds. The monoisotopic (exact) mass is 426 g/mol. The maximum Gasteiger partial charge on any atom is 0.274 e. The molecule has 4 bridgehead atoms. The Bertz CT molecular complexity index is 1120. The first-order valence-corrected chi connectivity index (χ1v) is 12.3. The average Bonchev–Trinajstić information content (AvgIpc) is 3.22. The fourth-order valence-electron chi connectivity index (χ4n) is 7.44. The number of fused-ring (bicyclic) bond motifs is 3. The number of carbonyl (C=O) groups is 1. The van der Waals surface area contributed by atoms with Gasteiger partial charge in [0.25, 0.3) is 10.2 Å². The highest BCUT2D eigenvalue weighted by Crippen LogP contribution is 2.59. The number of carbonyl (C=O) groups excluding carboxylic acids is 1. The minimum atomic E-state index is -3.75. The van der Waals surface area contributed by atoms with E-state index in [2.05, 4.69) is 26.4 Å². The van der Waals surface area contributed by atoms with Crippen molar-refractivity contribution in [1.82, 2.24) is 14.3 Å². The lowest BCUT2D eigenvalue weighted by molar-refractivity contribution is -0.138. The highest BCUT2D eigenvalue weighted by Gasteiger charge is 2.58. The number of aromatic nitrogens is 2. The van der Waals surface area contributed by atoms with Crippen LogP contribution < -0.4 is 9.86 Å². The number of imidazole rings is 1. The van der Waals surface area contributed by atoms with Gasteiger partial charge in [0.1, 0.15) is 5.78 Å². The van der Waals surface area contributed by atoms with Crippen LogP contribution in [0.4, 0.5) is 0 Å². The summed E-state index contributed by atoms with van der Waals surface area (Å²) < 4.78 is 28.4. The smallest absolute Gasteiger partial charge is 0.274 e. The molecule has 4 fully saturated rings. The van der Waals surface area contributed by atoms with Gasteiger partial charge in [0, 0.05) is 23.4 Å². The van der Waals surface area contributed by atoms with Crippen LogP contribution >= 0.6 is 0 Å². The van der Waals surface area contributed by atoms with Gasteiger partial charge in [0.15, 0.2) is 0 Å². The molecule has 0 radical (unpaired) electrons. The summed E-state index contributed by atoms with van der Waals surface area (Å²) >= 11 is 0. The average molecular weight is 427 g/mol. The molecule has 8 heteroatoms. The molecular formula is C22H26N4O3S. The number of rotatable bonds is 5. The molecule has 158 valence electrons. The van der Waals surface area contributed by atoms with Crippen molar-refractivity contribution in [3.8, 4) is 11.3 Å². The molecule has 0 spiro atoms. The van der Waals surface area contributed by atoms with Gasteiger partial charge in [-0.05, 0) is 55.4 Å². The van der Waals surface area contributed by atoms with Gasteiger partial charge in [-0.1, -0.05) is 24.3 Å². The van der Waals surface area contributed by atoms with Crippen LogP contribution in [0.25, 0.3) is 11.3 Å². The third kappa shape index (κ3) is 2.81. The zero-order valence-corrected chi connectivity index (χ0v) is 17.5. The van der Waals surface area contributed by atoms with Crippen LogP contribution in [-0.4, -0.2) is 29.3 Å². The van der Waals surface area contributed by atoms with Crippen molar-refractivity contribution in [3.63, 3.8) is 0 Å². The van der Waals surface area contributed by atoms with Gasteiger partial charge in [-0.15, -0.1) is 0 Å². The second-order valence-electron chi connectivity index (χ2n) is 9.88. The molecule has 5 aliphatic rings. The van der Waals surface area contributed by atoms with Crippen LogP contribution in [0.2, 0.25) is 0 Å². The Morgan fingerprint density at radius 1 is 1.20 bits per heavy atom. The molecular weight excluding hydrogens is 400 g/mol. The number of ketones is 1. The summed E-state index contributed by atoms with van der Waals surface area (Å²) in [5.41, 5.74) is 2.98. The maximum absolute atomic E-state index is 13.6. The SMILES string of the molecule is NS(=O)(=O)NC12CC3CC(C1)C(C(=O)CC1c4ccccc4-c4cncn41)C(C3)C2. The summed E-state index contributed by atoms with van der Waals surface area (Å²) in [7, 11) is -3.75. The highest BCUT2D eigenvalue weighted by atomic mass is 32.2. The van der Waals surface area contributed by atoms with Gasteiger partial charge in [-0.2, -0.15) is 13.1 Å². The summed E-state index contributed by atoms with van der Waals surface area (Å²) in [6, 6.07) is 8.26. The van der Waals surface area contributed by atoms with Crippen LogP contribution in [0.15, 0.2) is 36.8 Å². The second kappa shape index (κ2) is 6.24. The van der Waals surface area contributed by atoms with Crippen molar-refractivity contribution >= 4 is 16.0 Å². The fourth-order valence-corrected chi connectivity index (χ4v) is 8.30. The minimum absolute atomic E-state index is 0.0000997. The number of hydrogen-bond acceptors (Lipinski definition) is 4. The molecule has 2 heterocycles. The Labute approximate surface area is 176 Å². The zero-order valence-electron chi connectivity index (χ0n) is 16.7. The highest BCUT2D eigenvalue weighted by molar-refractivity contribution is 7.87. The van der Waals surface area contributed by atoms with Crippen LogP contribution in [0.5, 0.6) is 0 Å². The van der Waals surface area contributed by atoms with Crippen molar-refractivity contribution in [3.05, 3.63) is 42.4 Å². The van der Waals surface area contributed by atoms with Crippen LogP contribution in [0, 0.1) is 23.7 Å². The van der Waals surface area contributed by atoms with Crippen LogP contribution in [-0.2, 0) is 15.0 Å². The zero-order chi connectivity index (χ0) is 20.7. The summed E-state index contributed by atoms with van der Waals surface area (Å²) in [5, 5.41) is 5.33. The summed E-state index contributed by atoms with van der Waals surface area (Å²) in [5.74, 6) is 1.33. The number of Topliss-reactive ketones (excluding diaryl/α,β-unsaturated/α-hetero) is 1. The lowest BCUT2D eigenvalue weighted by atomic mass is 9.48. The lowest BCUT2D eigenvalue weighted by Gasteiger charge is -2.59. The largest absolute Gasteiger partial charge is 0.323 e. The molecule has 4 aliphatic carbocycles. The van der Waals surface area contributed by atoms with E-state index < -0.39 is 15.7 Å². The topological polar surface area (TPSA) is 107 Å². The van der Waals surface area contributed by atoms with Gasteiger partial charge in [0.2, 0.25) is 0 Å². The van der Waals surface area contributed by atoms with Crippen molar-refractivity contribution in [2.24, 2.45) is 28.8 Å². The van der Waals surface area contributed by atoms with E-state index in [1.165, 1.54) is 5.56 Å². The molecule has 3 atom stereocenters. The first kappa shape index (κ1) is 18.7. The third-order valence-electron chi connectivity index (χ3n) is 8.00. The molecule has 1 aliphatic heterocycles. The summed E-state index contributed by atoms with van der Waals surface area (Å²) in [6.07, 6.45) is 8.53. The third-order valence-corrected chi connectivity index (χ3v) is 8.71. The number of nitrogens with zero attached hydrogens (tertiary/aromatic N) is 2. The Kier molecular flexibility index (Phi) is 3.90. The number of benzene rings is 1. The predicted octanol–water partition coefficient (Wildman–Crippen LogP) is 2.40. The van der Waals surface area contributed by atoms with E-state index >= 15 is 0 Å². The fraction of sp³-hybridized carbons (Fsp3) is 0.545. The van der Waals surface area contributed by atoms with Crippen molar-refractivity contribution < 1.29 is 13.2 Å². The van der Waals surface area contributed by atoms with Gasteiger partial charge in [-0.3, -0.25) is 4.79 Å². The van der Waals surface area contributed by atoms with E-state index in [1.54, 1.807) is 0 Å². The standard InChI is InChI=1S/C22H26N4O3S/c23-30(28,29)25-22-8-13-5-14(9-22)21(15(6-13)10-22)20(27)7-18-16-3-1-2-4-17(16)19-11-24-12-26(18)19/h1-4,11-15,18,21,25H,5-10H2,(H2,23,28,29). The van der Waals surface area contributed by atoms with E-state index in [0.717, 1.165) is 43.4 Å². The molecule has 7 rings (SSSR count). The molecule has 1 aromatic heterocycles. The first-order valence-electron chi connectivity index (χ1n) is 10.8. The molecule has 3 N–H and O–H groups in total. The Morgan fingerprint density at radius 3 is 2.67 bits per heavy atom. The normalized spacial score (nSPS) is 36.0. The number of nitrogens with two attached hydrogens (primary N) is 1. The maximum atomic E-state index is 13.6. The van der Waals surface area contributed by atoms with Crippen molar-refractivity contribution in [2.75, 3.05) is 0 Å². The van der Waals surface area contributed by atoms with Gasteiger partial charge >= 0.3 is 0 Å². The van der Waals surface area contributed by atoms with Crippen LogP contribution in [0.1, 0.15) is 50.1 Å². The Morgan fingerprint density at radius 2 is 1.93 bits per heavy atom. The predicted molar refractivity (Wildman–Crippen MR) is 111 cm³/mol. The van der Waals surface area contributed by atoms with Gasteiger partial charge in [0.05, 0.1) is 24.3 Å². The van der Waals surface area contributed by atoms with E-state index in [0.29, 0.717) is 18.1 Å². The van der Waals surface area contributed by atoms with E-state index in [-0.39, 0.29) is 23.8 Å². The van der Waals surface area contributed by atoms with Crippen molar-refractivity contribution in [1.29, 1.82) is 0 Å². The first-order chi connectivity index (χ1) is 14.3. The van der Waals surface area contributed by atoms with Gasteiger partial charge in [-0.25, -0.2) is 10.1 Å². The second-order valence-corrected chi connectivity index (χ2v) is 11.2. The van der Waals surface area contributed by atoms with E-state index in [1.807, 2.05) is 24.7 Å². The molecule has 4 saturated carbocycles. The lowest BCUT2D eigenvalue weighted by Crippen LogP contribution is -2.64. The quantitative estimate of drug-likeness (QED) is 0.765. The Balaban J connectivity index is 1.27. The molecule has 0 saturated heterocycles. The Hall–Kier alpha value is -2.03. The molecule has 1 aromatic carbocycles. The van der Waals surface area contributed by atoms with Crippen LogP contribution in [0.3, 0.4) is 0 Å². The molecule has 3 unspecified atom stereocenters. The number of nitrogens with one attached hydrogen (secondary N) is 1. The molecule has 30 heavy (non-hydrogen) atoms. The molecule has 7 nitrogen and oxygen atoms in total. The van der Waals surface area contributed by atoms with E-state index in [4.69, 9.17) is 5.14 Å². The minimum Gasteiger partial charge on any atom is -0.323 e. The summed E-state index contributed by atoms with van der Waals surface area (Å²) in [4.78, 5) is 17.9. The number of hydrogen-bond donors (Lipinski definition) is 2. The van der Waals surface area contributed by atoms with Gasteiger partial charge < -0.3 is 4.57 Å². The van der Waals surface area contributed by atoms with E-state index in [9.17, 15) is 13.2 Å².